The first-order valence-electron chi connectivity index (χ1n) is 7.19. The number of carboxylic acid groups (broad SMARTS) is 1. The van der Waals surface area contributed by atoms with Gasteiger partial charge in [0.25, 0.3) is 0 Å². The number of aliphatic carboxylic acids is 1. The first-order valence-corrected chi connectivity index (χ1v) is 7.19. The van der Waals surface area contributed by atoms with E-state index in [1.807, 2.05) is 18.7 Å². The van der Waals surface area contributed by atoms with Crippen molar-refractivity contribution in [3.05, 3.63) is 0 Å². The van der Waals surface area contributed by atoms with Crippen LogP contribution in [0.1, 0.15) is 40.0 Å². The molecule has 0 bridgehead atoms. The molecule has 2 N–H and O–H groups in total. The molecule has 0 aliphatic carbocycles. The first-order chi connectivity index (χ1) is 8.95. The van der Waals surface area contributed by atoms with Gasteiger partial charge in [0.2, 0.25) is 5.91 Å². The largest absolute Gasteiger partial charge is 0.480 e. The lowest BCUT2D eigenvalue weighted by molar-refractivity contribution is -0.141. The Morgan fingerprint density at radius 3 is 2.68 bits per heavy atom. The summed E-state index contributed by atoms with van der Waals surface area (Å²) in [5.74, 6) is -0.302. The molecule has 0 aromatic rings. The molecule has 3 atom stereocenters. The normalized spacial score (nSPS) is 22.9. The number of carboxylic acids is 1. The molecule has 19 heavy (non-hydrogen) atoms. The van der Waals surface area contributed by atoms with Crippen molar-refractivity contribution >= 4 is 11.9 Å². The Balaban J connectivity index is 2.45. The number of carbonyl (C=O) groups excluding carboxylic acids is 1. The number of rotatable bonds is 6. The van der Waals surface area contributed by atoms with Gasteiger partial charge in [-0.15, -0.1) is 0 Å². The fourth-order valence-electron chi connectivity index (χ4n) is 2.49. The lowest BCUT2D eigenvalue weighted by Gasteiger charge is -2.31. The third kappa shape index (κ3) is 4.82. The number of amides is 1. The molecular weight excluding hydrogens is 244 g/mol. The van der Waals surface area contributed by atoms with Crippen molar-refractivity contribution in [1.82, 2.24) is 10.2 Å². The number of carbonyl (C=O) groups is 2. The Hall–Kier alpha value is -1.10. The SMILES string of the molecule is CC[C@H](C)[C@H](NCC(=O)N1CCCC(C)C1)C(=O)O. The Morgan fingerprint density at radius 2 is 2.16 bits per heavy atom. The maximum atomic E-state index is 12.1. The molecule has 110 valence electrons. The highest BCUT2D eigenvalue weighted by Gasteiger charge is 2.26. The number of piperidine rings is 1. The van der Waals surface area contributed by atoms with E-state index in [2.05, 4.69) is 12.2 Å². The fourth-order valence-corrected chi connectivity index (χ4v) is 2.49. The van der Waals surface area contributed by atoms with Crippen molar-refractivity contribution in [1.29, 1.82) is 0 Å². The number of nitrogens with zero attached hydrogens (tertiary/aromatic N) is 1. The zero-order chi connectivity index (χ0) is 14.4. The number of nitrogens with one attached hydrogen (secondary N) is 1. The van der Waals surface area contributed by atoms with E-state index in [-0.39, 0.29) is 18.4 Å². The van der Waals surface area contributed by atoms with Crippen LogP contribution < -0.4 is 5.32 Å². The molecule has 0 saturated carbocycles. The van der Waals surface area contributed by atoms with Crippen LogP contribution >= 0.6 is 0 Å². The van der Waals surface area contributed by atoms with Crippen LogP contribution in [0.3, 0.4) is 0 Å². The number of likely N-dealkylation sites (tertiary alicyclic amines) is 1. The van der Waals surface area contributed by atoms with Crippen LogP contribution in [0.4, 0.5) is 0 Å². The highest BCUT2D eigenvalue weighted by atomic mass is 16.4. The van der Waals surface area contributed by atoms with Crippen molar-refractivity contribution < 1.29 is 14.7 Å². The van der Waals surface area contributed by atoms with Crippen molar-refractivity contribution in [2.75, 3.05) is 19.6 Å². The molecule has 1 saturated heterocycles. The Morgan fingerprint density at radius 1 is 1.47 bits per heavy atom. The minimum Gasteiger partial charge on any atom is -0.480 e. The van der Waals surface area contributed by atoms with Gasteiger partial charge >= 0.3 is 5.97 Å². The predicted octanol–water partition coefficient (Wildman–Crippen LogP) is 1.33. The van der Waals surface area contributed by atoms with Gasteiger partial charge in [-0.3, -0.25) is 14.9 Å². The molecule has 1 aliphatic heterocycles. The third-order valence-corrected chi connectivity index (χ3v) is 3.96. The van der Waals surface area contributed by atoms with Gasteiger partial charge in [0.15, 0.2) is 0 Å². The Bertz CT molecular complexity index is 320. The van der Waals surface area contributed by atoms with Crippen LogP contribution in [-0.4, -0.2) is 47.6 Å². The summed E-state index contributed by atoms with van der Waals surface area (Å²) in [6, 6.07) is -0.642. The van der Waals surface area contributed by atoms with Crippen molar-refractivity contribution in [2.45, 2.75) is 46.1 Å². The predicted molar refractivity (Wildman–Crippen MR) is 73.9 cm³/mol. The average Bonchev–Trinajstić information content (AvgIpc) is 2.37. The summed E-state index contributed by atoms with van der Waals surface area (Å²) in [4.78, 5) is 25.0. The smallest absolute Gasteiger partial charge is 0.320 e. The van der Waals surface area contributed by atoms with Crippen LogP contribution in [0.15, 0.2) is 0 Å². The molecule has 1 amide bonds. The second-order valence-electron chi connectivity index (χ2n) is 5.67. The summed E-state index contributed by atoms with van der Waals surface area (Å²) >= 11 is 0. The number of hydrogen-bond donors (Lipinski definition) is 2. The maximum Gasteiger partial charge on any atom is 0.320 e. The molecule has 5 heteroatoms. The molecule has 1 heterocycles. The van der Waals surface area contributed by atoms with Crippen molar-refractivity contribution in [2.24, 2.45) is 11.8 Å². The quantitative estimate of drug-likeness (QED) is 0.764. The van der Waals surface area contributed by atoms with Crippen LogP contribution in [-0.2, 0) is 9.59 Å². The van der Waals surface area contributed by atoms with E-state index in [1.165, 1.54) is 6.42 Å². The lowest BCUT2D eigenvalue weighted by Crippen LogP contribution is -2.49. The van der Waals surface area contributed by atoms with Gasteiger partial charge in [-0.25, -0.2) is 0 Å². The first kappa shape index (κ1) is 16.0. The third-order valence-electron chi connectivity index (χ3n) is 3.96. The second-order valence-corrected chi connectivity index (χ2v) is 5.67. The fraction of sp³-hybridized carbons (Fsp3) is 0.857. The molecule has 1 rings (SSSR count). The van der Waals surface area contributed by atoms with Crippen LogP contribution in [0, 0.1) is 11.8 Å². The van der Waals surface area contributed by atoms with E-state index in [0.29, 0.717) is 5.92 Å². The maximum absolute atomic E-state index is 12.1. The lowest BCUT2D eigenvalue weighted by atomic mass is 9.99. The van der Waals surface area contributed by atoms with Crippen LogP contribution in [0.5, 0.6) is 0 Å². The van der Waals surface area contributed by atoms with Gasteiger partial charge in [0, 0.05) is 13.1 Å². The molecule has 0 aromatic carbocycles. The summed E-state index contributed by atoms with van der Waals surface area (Å²) in [5, 5.41) is 12.0. The summed E-state index contributed by atoms with van der Waals surface area (Å²) in [6.07, 6.45) is 2.99. The standard InChI is InChI=1S/C14H26N2O3/c1-4-11(3)13(14(18)19)15-8-12(17)16-7-5-6-10(2)9-16/h10-11,13,15H,4-9H2,1-3H3,(H,18,19)/t10?,11-,13-/m0/s1. The van der Waals surface area contributed by atoms with Crippen molar-refractivity contribution in [3.63, 3.8) is 0 Å². The minimum atomic E-state index is -0.880. The van der Waals surface area contributed by atoms with Crippen molar-refractivity contribution in [3.8, 4) is 0 Å². The van der Waals surface area contributed by atoms with E-state index in [9.17, 15) is 9.59 Å². The molecule has 0 aromatic heterocycles. The second kappa shape index (κ2) is 7.48. The van der Waals surface area contributed by atoms with E-state index >= 15 is 0 Å². The van der Waals surface area contributed by atoms with Crippen LogP contribution in [0.2, 0.25) is 0 Å². The van der Waals surface area contributed by atoms with Gasteiger partial charge in [-0.2, -0.15) is 0 Å². The summed E-state index contributed by atoms with van der Waals surface area (Å²) < 4.78 is 0. The molecular formula is C14H26N2O3. The van der Waals surface area contributed by atoms with Gasteiger partial charge in [-0.05, 0) is 24.7 Å². The van der Waals surface area contributed by atoms with E-state index in [4.69, 9.17) is 5.11 Å². The Kier molecular flexibility index (Phi) is 6.28. The molecule has 0 spiro atoms. The van der Waals surface area contributed by atoms with Crippen LogP contribution in [0.25, 0.3) is 0 Å². The highest BCUT2D eigenvalue weighted by molar-refractivity contribution is 5.80. The van der Waals surface area contributed by atoms with E-state index in [1.54, 1.807) is 0 Å². The molecule has 1 unspecified atom stereocenters. The zero-order valence-corrected chi connectivity index (χ0v) is 12.2. The summed E-state index contributed by atoms with van der Waals surface area (Å²) in [6.45, 7) is 7.70. The number of hydrogen-bond acceptors (Lipinski definition) is 3. The topological polar surface area (TPSA) is 69.6 Å². The highest BCUT2D eigenvalue weighted by Crippen LogP contribution is 2.15. The van der Waals surface area contributed by atoms with Gasteiger partial charge in [0.05, 0.1) is 6.54 Å². The monoisotopic (exact) mass is 270 g/mol. The molecule has 5 nitrogen and oxygen atoms in total. The van der Waals surface area contributed by atoms with E-state index in [0.717, 1.165) is 25.9 Å². The molecule has 1 aliphatic rings. The zero-order valence-electron chi connectivity index (χ0n) is 12.2. The van der Waals surface area contributed by atoms with Gasteiger partial charge in [-0.1, -0.05) is 27.2 Å². The molecule has 0 radical (unpaired) electrons. The van der Waals surface area contributed by atoms with E-state index < -0.39 is 12.0 Å². The van der Waals surface area contributed by atoms with Gasteiger partial charge < -0.3 is 10.0 Å². The average molecular weight is 270 g/mol. The molecule has 1 fully saturated rings. The van der Waals surface area contributed by atoms with Gasteiger partial charge in [0.1, 0.15) is 6.04 Å². The summed E-state index contributed by atoms with van der Waals surface area (Å²) in [7, 11) is 0. The summed E-state index contributed by atoms with van der Waals surface area (Å²) in [5.41, 5.74) is 0. The minimum absolute atomic E-state index is 0.0149. The Labute approximate surface area is 115 Å².